The molecule has 2 rings (SSSR count). The SMILES string of the molecule is Cc1nc([C@@H]2CCCCN2C(=O)CN)no1. The van der Waals surface area contributed by atoms with Crippen molar-refractivity contribution in [1.82, 2.24) is 15.0 Å². The summed E-state index contributed by atoms with van der Waals surface area (Å²) in [6.45, 7) is 2.51. The van der Waals surface area contributed by atoms with Gasteiger partial charge in [0.15, 0.2) is 5.82 Å². The van der Waals surface area contributed by atoms with E-state index in [-0.39, 0.29) is 18.5 Å². The molecule has 0 radical (unpaired) electrons. The molecule has 0 spiro atoms. The van der Waals surface area contributed by atoms with Crippen LogP contribution in [0, 0.1) is 6.92 Å². The van der Waals surface area contributed by atoms with Crippen LogP contribution >= 0.6 is 0 Å². The first-order valence-electron chi connectivity index (χ1n) is 5.52. The van der Waals surface area contributed by atoms with Gasteiger partial charge in [-0.1, -0.05) is 5.16 Å². The largest absolute Gasteiger partial charge is 0.340 e. The van der Waals surface area contributed by atoms with Crippen LogP contribution in [0.25, 0.3) is 0 Å². The van der Waals surface area contributed by atoms with Crippen molar-refractivity contribution in [2.24, 2.45) is 5.73 Å². The lowest BCUT2D eigenvalue weighted by Gasteiger charge is -2.33. The van der Waals surface area contributed by atoms with Gasteiger partial charge >= 0.3 is 0 Å². The number of carbonyl (C=O) groups excluding carboxylic acids is 1. The number of hydrogen-bond donors (Lipinski definition) is 1. The molecule has 1 aliphatic rings. The fraction of sp³-hybridized carbons (Fsp3) is 0.700. The molecule has 0 aromatic carbocycles. The van der Waals surface area contributed by atoms with E-state index in [1.165, 1.54) is 0 Å². The van der Waals surface area contributed by atoms with Gasteiger partial charge in [0.2, 0.25) is 11.8 Å². The topological polar surface area (TPSA) is 85.2 Å². The number of rotatable bonds is 2. The van der Waals surface area contributed by atoms with Gasteiger partial charge < -0.3 is 15.2 Å². The summed E-state index contributed by atoms with van der Waals surface area (Å²) in [7, 11) is 0. The predicted molar refractivity (Wildman–Crippen MR) is 56.4 cm³/mol. The second-order valence-corrected chi connectivity index (χ2v) is 3.97. The maximum Gasteiger partial charge on any atom is 0.236 e. The summed E-state index contributed by atoms with van der Waals surface area (Å²) in [6.07, 6.45) is 2.97. The van der Waals surface area contributed by atoms with Crippen LogP contribution < -0.4 is 5.73 Å². The molecule has 16 heavy (non-hydrogen) atoms. The molecule has 1 saturated heterocycles. The van der Waals surface area contributed by atoms with Crippen LogP contribution in [0.2, 0.25) is 0 Å². The standard InChI is InChI=1S/C10H16N4O2/c1-7-12-10(13-16-7)8-4-2-3-5-14(8)9(15)6-11/h8H,2-6,11H2,1H3/t8-/m0/s1. The third-order valence-corrected chi connectivity index (χ3v) is 2.84. The van der Waals surface area contributed by atoms with Crippen molar-refractivity contribution in [2.75, 3.05) is 13.1 Å². The number of aromatic nitrogens is 2. The molecular formula is C10H16N4O2. The highest BCUT2D eigenvalue weighted by molar-refractivity contribution is 5.78. The van der Waals surface area contributed by atoms with E-state index in [1.54, 1.807) is 11.8 Å². The Hall–Kier alpha value is -1.43. The van der Waals surface area contributed by atoms with Gasteiger partial charge in [-0.25, -0.2) is 0 Å². The average Bonchev–Trinajstić information content (AvgIpc) is 2.75. The zero-order chi connectivity index (χ0) is 11.5. The lowest BCUT2D eigenvalue weighted by atomic mass is 10.0. The molecule has 0 bridgehead atoms. The van der Waals surface area contributed by atoms with Gasteiger partial charge in [0.05, 0.1) is 12.6 Å². The van der Waals surface area contributed by atoms with Gasteiger partial charge in [-0.15, -0.1) is 0 Å². The van der Waals surface area contributed by atoms with Crippen LogP contribution in [-0.2, 0) is 4.79 Å². The molecule has 6 heteroatoms. The smallest absolute Gasteiger partial charge is 0.236 e. The van der Waals surface area contributed by atoms with E-state index in [1.807, 2.05) is 0 Å². The number of carbonyl (C=O) groups is 1. The highest BCUT2D eigenvalue weighted by Gasteiger charge is 2.30. The summed E-state index contributed by atoms with van der Waals surface area (Å²) < 4.78 is 4.95. The fourth-order valence-electron chi connectivity index (χ4n) is 2.07. The first-order chi connectivity index (χ1) is 7.72. The first kappa shape index (κ1) is 11.1. The van der Waals surface area contributed by atoms with Gasteiger partial charge in [0.25, 0.3) is 0 Å². The van der Waals surface area contributed by atoms with E-state index in [0.29, 0.717) is 11.7 Å². The van der Waals surface area contributed by atoms with Crippen molar-refractivity contribution in [3.63, 3.8) is 0 Å². The Bertz CT molecular complexity index is 377. The van der Waals surface area contributed by atoms with Crippen molar-refractivity contribution < 1.29 is 9.32 Å². The van der Waals surface area contributed by atoms with Gasteiger partial charge in [-0.2, -0.15) is 4.98 Å². The Kier molecular flexibility index (Phi) is 3.19. The van der Waals surface area contributed by atoms with Gasteiger partial charge in [0, 0.05) is 13.5 Å². The molecule has 1 fully saturated rings. The Balaban J connectivity index is 2.19. The fourth-order valence-corrected chi connectivity index (χ4v) is 2.07. The lowest BCUT2D eigenvalue weighted by molar-refractivity contribution is -0.133. The van der Waals surface area contributed by atoms with E-state index < -0.39 is 0 Å². The van der Waals surface area contributed by atoms with E-state index in [4.69, 9.17) is 10.3 Å². The van der Waals surface area contributed by atoms with E-state index >= 15 is 0 Å². The number of aryl methyl sites for hydroxylation is 1. The third kappa shape index (κ3) is 2.06. The maximum absolute atomic E-state index is 11.7. The predicted octanol–water partition coefficient (Wildman–Crippen LogP) is 0.390. The minimum atomic E-state index is -0.0674. The maximum atomic E-state index is 11.7. The summed E-state index contributed by atoms with van der Waals surface area (Å²) >= 11 is 0. The molecule has 1 atom stereocenters. The average molecular weight is 224 g/mol. The van der Waals surface area contributed by atoms with Gasteiger partial charge in [0.1, 0.15) is 0 Å². The van der Waals surface area contributed by atoms with Crippen molar-refractivity contribution >= 4 is 5.91 Å². The Morgan fingerprint density at radius 2 is 2.44 bits per heavy atom. The van der Waals surface area contributed by atoms with E-state index in [0.717, 1.165) is 25.8 Å². The van der Waals surface area contributed by atoms with Crippen LogP contribution in [0.1, 0.15) is 37.0 Å². The molecule has 2 N–H and O–H groups in total. The summed E-state index contributed by atoms with van der Waals surface area (Å²) in [6, 6.07) is -0.0674. The highest BCUT2D eigenvalue weighted by Crippen LogP contribution is 2.28. The van der Waals surface area contributed by atoms with E-state index in [9.17, 15) is 4.79 Å². The number of nitrogens with two attached hydrogens (primary N) is 1. The van der Waals surface area contributed by atoms with Crippen molar-refractivity contribution in [2.45, 2.75) is 32.2 Å². The molecule has 0 aliphatic carbocycles. The molecule has 1 aromatic rings. The summed E-state index contributed by atoms with van der Waals surface area (Å²) in [4.78, 5) is 17.6. The number of amides is 1. The Morgan fingerprint density at radius 3 is 3.06 bits per heavy atom. The molecule has 1 aliphatic heterocycles. The third-order valence-electron chi connectivity index (χ3n) is 2.84. The number of nitrogens with zero attached hydrogens (tertiary/aromatic N) is 3. The second-order valence-electron chi connectivity index (χ2n) is 3.97. The number of hydrogen-bond acceptors (Lipinski definition) is 5. The molecule has 88 valence electrons. The molecule has 6 nitrogen and oxygen atoms in total. The summed E-state index contributed by atoms with van der Waals surface area (Å²) in [5, 5.41) is 3.89. The number of piperidine rings is 1. The quantitative estimate of drug-likeness (QED) is 0.785. The van der Waals surface area contributed by atoms with Crippen LogP contribution in [0.4, 0.5) is 0 Å². The molecule has 2 heterocycles. The van der Waals surface area contributed by atoms with Crippen LogP contribution in [0.15, 0.2) is 4.52 Å². The number of likely N-dealkylation sites (tertiary alicyclic amines) is 1. The molecule has 0 saturated carbocycles. The van der Waals surface area contributed by atoms with Crippen molar-refractivity contribution in [1.29, 1.82) is 0 Å². The molecule has 0 unspecified atom stereocenters. The Morgan fingerprint density at radius 1 is 1.62 bits per heavy atom. The monoisotopic (exact) mass is 224 g/mol. The van der Waals surface area contributed by atoms with E-state index in [2.05, 4.69) is 10.1 Å². The minimum Gasteiger partial charge on any atom is -0.340 e. The second kappa shape index (κ2) is 4.61. The van der Waals surface area contributed by atoms with Crippen LogP contribution in [0.3, 0.4) is 0 Å². The molecule has 1 amide bonds. The minimum absolute atomic E-state index is 0.0351. The van der Waals surface area contributed by atoms with Crippen LogP contribution in [0.5, 0.6) is 0 Å². The normalized spacial score (nSPS) is 21.1. The summed E-state index contributed by atoms with van der Waals surface area (Å²) in [5.41, 5.74) is 5.39. The Labute approximate surface area is 93.8 Å². The van der Waals surface area contributed by atoms with Crippen molar-refractivity contribution in [3.8, 4) is 0 Å². The molecular weight excluding hydrogens is 208 g/mol. The van der Waals surface area contributed by atoms with Crippen molar-refractivity contribution in [3.05, 3.63) is 11.7 Å². The molecule has 1 aromatic heterocycles. The zero-order valence-electron chi connectivity index (χ0n) is 9.35. The highest BCUT2D eigenvalue weighted by atomic mass is 16.5. The summed E-state index contributed by atoms with van der Waals surface area (Å²) in [5.74, 6) is 1.08. The van der Waals surface area contributed by atoms with Gasteiger partial charge in [-0.3, -0.25) is 4.79 Å². The first-order valence-corrected chi connectivity index (χ1v) is 5.52. The zero-order valence-corrected chi connectivity index (χ0v) is 9.35. The lowest BCUT2D eigenvalue weighted by Crippen LogP contribution is -2.42. The van der Waals surface area contributed by atoms with Crippen LogP contribution in [-0.4, -0.2) is 34.0 Å². The van der Waals surface area contributed by atoms with Gasteiger partial charge in [-0.05, 0) is 19.3 Å².